The van der Waals surface area contributed by atoms with Crippen LogP contribution in [0.15, 0.2) is 41.2 Å². The minimum absolute atomic E-state index is 0.0969. The van der Waals surface area contributed by atoms with Gasteiger partial charge in [-0.25, -0.2) is 9.11 Å². The lowest BCUT2D eigenvalue weighted by Crippen LogP contribution is -2.32. The molecule has 4 rings (SSSR count). The summed E-state index contributed by atoms with van der Waals surface area (Å²) < 4.78 is 92.0. The number of benzene rings is 2. The molecule has 0 radical (unpaired) electrons. The van der Waals surface area contributed by atoms with Crippen LogP contribution in [0.5, 0.6) is 11.5 Å². The molecule has 43 heavy (non-hydrogen) atoms. The predicted molar refractivity (Wildman–Crippen MR) is 156 cm³/mol. The minimum atomic E-state index is -5.13. The number of carbonyl (C=O) groups excluding carboxylic acids is 1. The predicted octanol–water partition coefficient (Wildman–Crippen LogP) is 5.49. The van der Waals surface area contributed by atoms with E-state index in [9.17, 15) is 35.6 Å². The van der Waals surface area contributed by atoms with Crippen LogP contribution in [0, 0.1) is 19.7 Å². The van der Waals surface area contributed by atoms with Crippen LogP contribution in [0.2, 0.25) is 0 Å². The van der Waals surface area contributed by atoms with Crippen molar-refractivity contribution >= 4 is 33.3 Å². The largest absolute Gasteiger partial charge is 0.455 e. The molecule has 1 aliphatic rings. The number of aryl methyl sites for hydroxylation is 1. The molecule has 0 bridgehead atoms. The van der Waals surface area contributed by atoms with Crippen LogP contribution in [-0.2, 0) is 23.4 Å². The highest BCUT2D eigenvalue weighted by atomic mass is 32.2. The molecule has 0 aliphatic heterocycles. The van der Waals surface area contributed by atoms with Crippen LogP contribution < -0.4 is 30.4 Å². The number of nitrogens with one attached hydrogen (secondary N) is 4. The quantitative estimate of drug-likeness (QED) is 0.232. The molecular weight excluding hydrogens is 594 g/mol. The first kappa shape index (κ1) is 33.4. The average molecular weight is 628 g/mol. The fourth-order valence-electron chi connectivity index (χ4n) is 4.03. The summed E-state index contributed by atoms with van der Waals surface area (Å²) in [6, 6.07) is 6.93. The average Bonchev–Trinajstić information content (AvgIpc) is 3.75. The van der Waals surface area contributed by atoms with Crippen molar-refractivity contribution in [3.63, 3.8) is 0 Å². The van der Waals surface area contributed by atoms with Crippen LogP contribution in [0.1, 0.15) is 53.7 Å². The molecule has 4 N–H and O–H groups in total. The van der Waals surface area contributed by atoms with E-state index in [4.69, 9.17) is 4.74 Å². The topological polar surface area (TPSA) is 131 Å². The summed E-state index contributed by atoms with van der Waals surface area (Å²) in [5, 5.41) is 5.45. The lowest BCUT2D eigenvalue weighted by molar-refractivity contribution is -0.137. The molecule has 234 valence electrons. The van der Waals surface area contributed by atoms with Crippen molar-refractivity contribution in [3.05, 3.63) is 74.8 Å². The molecule has 1 aromatic heterocycles. The number of carbonyl (C=O) groups is 1. The summed E-state index contributed by atoms with van der Waals surface area (Å²) in [7, 11) is -2.04. The van der Waals surface area contributed by atoms with Crippen molar-refractivity contribution in [3.8, 4) is 11.5 Å². The monoisotopic (exact) mass is 627 g/mol. The third-order valence-electron chi connectivity index (χ3n) is 6.32. The summed E-state index contributed by atoms with van der Waals surface area (Å²) in [5.41, 5.74) is -3.13. The first-order valence-electron chi connectivity index (χ1n) is 13.3. The first-order chi connectivity index (χ1) is 20.1. The molecule has 0 atom stereocenters. The number of ether oxygens (including phenoxy) is 1. The zero-order valence-corrected chi connectivity index (χ0v) is 25.2. The lowest BCUT2D eigenvalue weighted by atomic mass is 10.1. The zero-order valence-electron chi connectivity index (χ0n) is 24.4. The Kier molecular flexibility index (Phi) is 10.1. The smallest absolute Gasteiger partial charge is 0.422 e. The van der Waals surface area contributed by atoms with Gasteiger partial charge in [0.05, 0.1) is 16.9 Å². The zero-order chi connectivity index (χ0) is 32.3. The molecule has 0 saturated heterocycles. The van der Waals surface area contributed by atoms with E-state index >= 15 is 0 Å². The second kappa shape index (κ2) is 13.0. The van der Waals surface area contributed by atoms with E-state index in [-0.39, 0.29) is 28.7 Å². The van der Waals surface area contributed by atoms with E-state index in [0.717, 1.165) is 29.8 Å². The summed E-state index contributed by atoms with van der Waals surface area (Å²) in [4.78, 5) is 26.7. The summed E-state index contributed by atoms with van der Waals surface area (Å²) in [6.07, 6.45) is -3.78. The van der Waals surface area contributed by atoms with Gasteiger partial charge in [0.1, 0.15) is 28.5 Å². The van der Waals surface area contributed by atoms with Gasteiger partial charge in [-0.15, -0.1) is 0 Å². The van der Waals surface area contributed by atoms with Crippen LogP contribution >= 0.6 is 0 Å². The molecule has 10 nitrogen and oxygen atoms in total. The number of aromatic nitrogens is 1. The highest BCUT2D eigenvalue weighted by Crippen LogP contribution is 2.44. The van der Waals surface area contributed by atoms with Crippen molar-refractivity contribution in [1.82, 2.24) is 14.6 Å². The summed E-state index contributed by atoms with van der Waals surface area (Å²) >= 11 is 0. The van der Waals surface area contributed by atoms with Gasteiger partial charge >= 0.3 is 6.18 Å². The molecule has 3 aromatic rings. The van der Waals surface area contributed by atoms with Gasteiger partial charge < -0.3 is 15.4 Å². The van der Waals surface area contributed by atoms with E-state index in [0.29, 0.717) is 18.4 Å². The molecule has 1 amide bonds. The molecule has 15 heteroatoms. The Morgan fingerprint density at radius 3 is 2.28 bits per heavy atom. The molecular formula is C28H33F4N5O5S. The van der Waals surface area contributed by atoms with Gasteiger partial charge in [-0.1, -0.05) is 26.0 Å². The second-order valence-electron chi connectivity index (χ2n) is 9.49. The number of rotatable bonds is 9. The number of anilines is 3. The Morgan fingerprint density at radius 2 is 1.72 bits per heavy atom. The Morgan fingerprint density at radius 1 is 1.07 bits per heavy atom. The van der Waals surface area contributed by atoms with Gasteiger partial charge in [0, 0.05) is 20.1 Å². The number of amides is 1. The number of hydrogen-bond donors (Lipinski definition) is 4. The van der Waals surface area contributed by atoms with Crippen molar-refractivity contribution < 1.29 is 35.5 Å². The summed E-state index contributed by atoms with van der Waals surface area (Å²) in [5.74, 6) is -3.08. The molecule has 2 aromatic carbocycles. The Hall–Kier alpha value is -4.11. The fourth-order valence-corrected chi connectivity index (χ4v) is 4.59. The van der Waals surface area contributed by atoms with Crippen molar-refractivity contribution in [1.29, 1.82) is 0 Å². The summed E-state index contributed by atoms with van der Waals surface area (Å²) in [6.45, 7) is 6.93. The van der Waals surface area contributed by atoms with Gasteiger partial charge in [0.15, 0.2) is 5.75 Å². The van der Waals surface area contributed by atoms with Crippen LogP contribution in [0.3, 0.4) is 0 Å². The highest BCUT2D eigenvalue weighted by molar-refractivity contribution is 7.90. The molecule has 1 fully saturated rings. The van der Waals surface area contributed by atoms with Crippen LogP contribution in [0.25, 0.3) is 0 Å². The SMILES string of the molecule is CC.CNS(=O)(=O)Nc1cccc(Oc2c(C(=O)NC3CC3)c(Nc3ccc(C)cc3F)n(C)c(=O)c2C)c1C(F)(F)F. The van der Waals surface area contributed by atoms with Gasteiger partial charge in [0.25, 0.3) is 21.7 Å². The third kappa shape index (κ3) is 7.65. The highest BCUT2D eigenvalue weighted by Gasteiger charge is 2.39. The standard InChI is InChI=1S/C26H27F4N5O5S.C2H6/c1-13-8-11-17(16(27)12-13)33-23-20(24(36)32-15-9-10-15)22(14(2)25(37)35(23)4)40-19-7-5-6-18(21(19)26(28,29)30)34-41(38,39)31-3;1-2/h5-8,11-12,15,31,33-34H,9-10H2,1-4H3,(H,32,36);1-2H3. The van der Waals surface area contributed by atoms with E-state index in [1.54, 1.807) is 17.7 Å². The third-order valence-corrected chi connectivity index (χ3v) is 7.34. The fraction of sp³-hybridized carbons (Fsp3) is 0.357. The number of nitrogens with zero attached hydrogens (tertiary/aromatic N) is 1. The number of halogens is 4. The van der Waals surface area contributed by atoms with E-state index < -0.39 is 56.4 Å². The van der Waals surface area contributed by atoms with Gasteiger partial charge in [0.2, 0.25) is 0 Å². The van der Waals surface area contributed by atoms with Crippen molar-refractivity contribution in [2.24, 2.45) is 7.05 Å². The Bertz CT molecular complexity index is 1690. The van der Waals surface area contributed by atoms with Crippen molar-refractivity contribution in [2.45, 2.75) is 52.8 Å². The molecule has 0 unspecified atom stereocenters. The van der Waals surface area contributed by atoms with Crippen LogP contribution in [-0.4, -0.2) is 32.0 Å². The van der Waals surface area contributed by atoms with Gasteiger partial charge in [-0.3, -0.25) is 18.9 Å². The normalized spacial score (nSPS) is 13.1. The van der Waals surface area contributed by atoms with E-state index in [2.05, 4.69) is 10.6 Å². The van der Waals surface area contributed by atoms with Gasteiger partial charge in [-0.2, -0.15) is 21.6 Å². The van der Waals surface area contributed by atoms with Gasteiger partial charge in [-0.05, 0) is 56.5 Å². The molecule has 0 spiro atoms. The minimum Gasteiger partial charge on any atom is -0.455 e. The Labute approximate surface area is 246 Å². The molecule has 1 saturated carbocycles. The van der Waals surface area contributed by atoms with Crippen molar-refractivity contribution in [2.75, 3.05) is 17.1 Å². The maximum Gasteiger partial charge on any atom is 0.422 e. The molecule has 1 heterocycles. The number of alkyl halides is 3. The molecule has 1 aliphatic carbocycles. The maximum absolute atomic E-state index is 14.8. The second-order valence-corrected chi connectivity index (χ2v) is 11.1. The number of pyridine rings is 1. The maximum atomic E-state index is 14.8. The first-order valence-corrected chi connectivity index (χ1v) is 14.8. The van der Waals surface area contributed by atoms with E-state index in [1.165, 1.54) is 26.1 Å². The number of hydrogen-bond acceptors (Lipinski definition) is 6. The lowest BCUT2D eigenvalue weighted by Gasteiger charge is -2.23. The van der Waals surface area contributed by atoms with E-state index in [1.807, 2.05) is 18.6 Å². The van der Waals surface area contributed by atoms with Crippen LogP contribution in [0.4, 0.5) is 34.8 Å². The Balaban J connectivity index is 0.00000248.